The van der Waals surface area contributed by atoms with Crippen molar-refractivity contribution in [1.82, 2.24) is 0 Å². The molecule has 0 bridgehead atoms. The molecule has 0 aromatic heterocycles. The maximum atomic E-state index is 3.55. The molecule has 1 spiro atoms. The van der Waals surface area contributed by atoms with Crippen LogP contribution in [0.3, 0.4) is 0 Å². The van der Waals surface area contributed by atoms with Crippen LogP contribution in [-0.2, 0) is 5.41 Å². The van der Waals surface area contributed by atoms with E-state index in [1.807, 2.05) is 0 Å². The molecule has 1 heteroatoms. The quantitative estimate of drug-likeness (QED) is 0.202. The third kappa shape index (κ3) is 2.85. The van der Waals surface area contributed by atoms with Crippen molar-refractivity contribution in [3.05, 3.63) is 166 Å². The van der Waals surface area contributed by atoms with Crippen molar-refractivity contribution < 1.29 is 0 Å². The molecule has 8 rings (SSSR count). The fraction of sp³-hybridized carbons (Fsp3) is 0.0270. The van der Waals surface area contributed by atoms with E-state index in [0.29, 0.717) is 0 Å². The van der Waals surface area contributed by atoms with Crippen LogP contribution in [0.15, 0.2) is 144 Å². The van der Waals surface area contributed by atoms with Gasteiger partial charge >= 0.3 is 0 Å². The Hall–Kier alpha value is -4.20. The van der Waals surface area contributed by atoms with Crippen LogP contribution in [0, 0.1) is 0 Å². The molecule has 0 nitrogen and oxygen atoms in total. The van der Waals surface area contributed by atoms with Crippen molar-refractivity contribution in [2.75, 3.05) is 0 Å². The highest BCUT2D eigenvalue weighted by Gasteiger charge is 2.51. The molecule has 6 aromatic rings. The summed E-state index contributed by atoms with van der Waals surface area (Å²) < 4.78 is 1.10. The predicted molar refractivity (Wildman–Crippen MR) is 161 cm³/mol. The summed E-state index contributed by atoms with van der Waals surface area (Å²) in [6.45, 7) is 0. The molecule has 0 aliphatic heterocycles. The summed E-state index contributed by atoms with van der Waals surface area (Å²) in [6, 6.07) is 51.4. The van der Waals surface area contributed by atoms with Crippen LogP contribution in [0.5, 0.6) is 0 Å². The van der Waals surface area contributed by atoms with Crippen LogP contribution >= 0.6 is 15.9 Å². The van der Waals surface area contributed by atoms with Crippen molar-refractivity contribution in [3.8, 4) is 44.5 Å². The summed E-state index contributed by atoms with van der Waals surface area (Å²) in [6.07, 6.45) is 0. The molecule has 0 saturated carbocycles. The molecule has 178 valence electrons. The van der Waals surface area contributed by atoms with Gasteiger partial charge in [0.25, 0.3) is 0 Å². The average molecular weight is 547 g/mol. The maximum Gasteiger partial charge on any atom is 0.0725 e. The molecular formula is C37H23Br. The van der Waals surface area contributed by atoms with Gasteiger partial charge in [0.15, 0.2) is 0 Å². The summed E-state index contributed by atoms with van der Waals surface area (Å²) in [5, 5.41) is 0. The molecule has 0 N–H and O–H groups in total. The first kappa shape index (κ1) is 21.8. The Labute approximate surface area is 231 Å². The predicted octanol–water partition coefficient (Wildman–Crippen LogP) is 10.1. The summed E-state index contributed by atoms with van der Waals surface area (Å²) in [7, 11) is 0. The minimum Gasteiger partial charge on any atom is -0.0619 e. The van der Waals surface area contributed by atoms with E-state index in [-0.39, 0.29) is 5.41 Å². The van der Waals surface area contributed by atoms with Gasteiger partial charge in [-0.15, -0.1) is 0 Å². The van der Waals surface area contributed by atoms with Crippen LogP contribution in [0.4, 0.5) is 0 Å². The maximum absolute atomic E-state index is 3.55. The second-order valence-corrected chi connectivity index (χ2v) is 11.1. The largest absolute Gasteiger partial charge is 0.0725 e. The molecule has 0 fully saturated rings. The lowest BCUT2D eigenvalue weighted by molar-refractivity contribution is 0.794. The number of rotatable bonds is 2. The third-order valence-corrected chi connectivity index (χ3v) is 8.92. The Morgan fingerprint density at radius 3 is 1.37 bits per heavy atom. The fourth-order valence-corrected chi connectivity index (χ4v) is 7.13. The van der Waals surface area contributed by atoms with Gasteiger partial charge in [0, 0.05) is 4.47 Å². The van der Waals surface area contributed by atoms with Gasteiger partial charge in [-0.25, -0.2) is 0 Å². The van der Waals surface area contributed by atoms with Crippen molar-refractivity contribution in [2.45, 2.75) is 5.41 Å². The van der Waals surface area contributed by atoms with Crippen molar-refractivity contribution in [3.63, 3.8) is 0 Å². The molecule has 38 heavy (non-hydrogen) atoms. The Morgan fingerprint density at radius 2 is 0.763 bits per heavy atom. The summed E-state index contributed by atoms with van der Waals surface area (Å²) in [5.74, 6) is 0. The molecule has 0 heterocycles. The number of fused-ring (bicyclic) bond motifs is 10. The average Bonchev–Trinajstić information content (AvgIpc) is 3.45. The lowest BCUT2D eigenvalue weighted by Gasteiger charge is -2.30. The van der Waals surface area contributed by atoms with E-state index >= 15 is 0 Å². The highest BCUT2D eigenvalue weighted by Crippen LogP contribution is 2.63. The van der Waals surface area contributed by atoms with Crippen molar-refractivity contribution >= 4 is 15.9 Å². The molecule has 6 aromatic carbocycles. The topological polar surface area (TPSA) is 0 Å². The van der Waals surface area contributed by atoms with Gasteiger partial charge in [-0.05, 0) is 78.9 Å². The molecule has 0 saturated heterocycles. The van der Waals surface area contributed by atoms with E-state index in [0.717, 1.165) is 4.47 Å². The molecule has 0 radical (unpaired) electrons. The Kier molecular flexibility index (Phi) is 4.68. The number of halogens is 1. The zero-order valence-electron chi connectivity index (χ0n) is 20.7. The highest BCUT2D eigenvalue weighted by molar-refractivity contribution is 9.10. The molecule has 2 aliphatic rings. The number of benzene rings is 6. The lowest BCUT2D eigenvalue weighted by Crippen LogP contribution is -2.25. The highest BCUT2D eigenvalue weighted by atomic mass is 79.9. The van der Waals surface area contributed by atoms with E-state index in [9.17, 15) is 0 Å². The van der Waals surface area contributed by atoms with Crippen LogP contribution in [0.2, 0.25) is 0 Å². The smallest absolute Gasteiger partial charge is 0.0619 e. The SMILES string of the molecule is Brc1ccc(-c2ccc(-c3cccc4c3-c3ccccc3C43c4ccccc4-c4ccccc43)cc2)cc1. The zero-order valence-corrected chi connectivity index (χ0v) is 22.2. The Bertz CT molecular complexity index is 1810. The first-order chi connectivity index (χ1) is 18.8. The van der Waals surface area contributed by atoms with Crippen LogP contribution in [0.25, 0.3) is 44.5 Å². The Balaban J connectivity index is 1.38. The van der Waals surface area contributed by atoms with Gasteiger partial charge in [0.05, 0.1) is 5.41 Å². The van der Waals surface area contributed by atoms with Gasteiger partial charge in [-0.3, -0.25) is 0 Å². The lowest BCUT2D eigenvalue weighted by atomic mass is 9.70. The summed E-state index contributed by atoms with van der Waals surface area (Å²) in [4.78, 5) is 0. The van der Waals surface area contributed by atoms with E-state index in [1.165, 1.54) is 66.8 Å². The first-order valence-electron chi connectivity index (χ1n) is 13.1. The van der Waals surface area contributed by atoms with Gasteiger partial charge in [0.2, 0.25) is 0 Å². The summed E-state index contributed by atoms with van der Waals surface area (Å²) in [5.41, 5.74) is 15.6. The standard InChI is InChI=1S/C37H23Br/c38-27-22-20-25(21-23-27)24-16-18-26(19-17-24)28-11-7-15-35-36(28)31-10-3-6-14-34(31)37(35)32-12-4-1-8-29(32)30-9-2-5-13-33(30)37/h1-23H. The second kappa shape index (κ2) is 8.15. The van der Waals surface area contributed by atoms with Crippen molar-refractivity contribution in [2.24, 2.45) is 0 Å². The van der Waals surface area contributed by atoms with E-state index < -0.39 is 0 Å². The first-order valence-corrected chi connectivity index (χ1v) is 13.9. The number of hydrogen-bond acceptors (Lipinski definition) is 0. The van der Waals surface area contributed by atoms with Crippen LogP contribution in [-0.4, -0.2) is 0 Å². The Morgan fingerprint density at radius 1 is 0.342 bits per heavy atom. The van der Waals surface area contributed by atoms with Gasteiger partial charge < -0.3 is 0 Å². The van der Waals surface area contributed by atoms with Gasteiger partial charge in [-0.2, -0.15) is 0 Å². The third-order valence-electron chi connectivity index (χ3n) is 8.39. The van der Waals surface area contributed by atoms with Gasteiger partial charge in [0.1, 0.15) is 0 Å². The van der Waals surface area contributed by atoms with E-state index in [1.54, 1.807) is 0 Å². The normalized spacial score (nSPS) is 13.6. The summed E-state index contributed by atoms with van der Waals surface area (Å²) >= 11 is 3.55. The van der Waals surface area contributed by atoms with Gasteiger partial charge in [-0.1, -0.05) is 143 Å². The minimum atomic E-state index is -0.299. The molecular weight excluding hydrogens is 524 g/mol. The molecule has 0 amide bonds. The fourth-order valence-electron chi connectivity index (χ4n) is 6.87. The molecule has 0 unspecified atom stereocenters. The molecule has 2 aliphatic carbocycles. The second-order valence-electron chi connectivity index (χ2n) is 10.2. The zero-order chi connectivity index (χ0) is 25.3. The van der Waals surface area contributed by atoms with E-state index in [4.69, 9.17) is 0 Å². The molecule has 0 atom stereocenters. The monoisotopic (exact) mass is 546 g/mol. The van der Waals surface area contributed by atoms with Crippen molar-refractivity contribution in [1.29, 1.82) is 0 Å². The van der Waals surface area contributed by atoms with Crippen LogP contribution in [0.1, 0.15) is 22.3 Å². The number of hydrogen-bond donors (Lipinski definition) is 0. The minimum absolute atomic E-state index is 0.299. The van der Waals surface area contributed by atoms with Crippen LogP contribution < -0.4 is 0 Å². The van der Waals surface area contributed by atoms with E-state index in [2.05, 4.69) is 155 Å².